The maximum Gasteiger partial charge on any atom is 0.114 e. The quantitative estimate of drug-likeness (QED) is 0.423. The SMILES string of the molecule is C=C(OC)C(=C)C(C)(C)C. The summed E-state index contributed by atoms with van der Waals surface area (Å²) in [6.07, 6.45) is 0. The minimum absolute atomic E-state index is 0.0626. The fourth-order valence-electron chi connectivity index (χ4n) is 0.541. The summed E-state index contributed by atoms with van der Waals surface area (Å²) in [5, 5.41) is 0. The van der Waals surface area contributed by atoms with Gasteiger partial charge in [-0.2, -0.15) is 0 Å². The Kier molecular flexibility index (Phi) is 2.70. The fraction of sp³-hybridized carbons (Fsp3) is 0.556. The van der Waals surface area contributed by atoms with Gasteiger partial charge in [-0.1, -0.05) is 33.9 Å². The fourth-order valence-corrected chi connectivity index (χ4v) is 0.541. The molecule has 0 N–H and O–H groups in total. The summed E-state index contributed by atoms with van der Waals surface area (Å²) in [6, 6.07) is 0. The Morgan fingerprint density at radius 3 is 1.70 bits per heavy atom. The molecule has 0 aromatic heterocycles. The molecule has 1 heteroatoms. The number of ether oxygens (including phenoxy) is 1. The maximum atomic E-state index is 4.94. The van der Waals surface area contributed by atoms with Crippen LogP contribution in [0.5, 0.6) is 0 Å². The van der Waals surface area contributed by atoms with Crippen LogP contribution < -0.4 is 0 Å². The highest BCUT2D eigenvalue weighted by Crippen LogP contribution is 2.28. The van der Waals surface area contributed by atoms with Crippen molar-refractivity contribution in [3.63, 3.8) is 0 Å². The molecule has 0 amide bonds. The third-order valence-corrected chi connectivity index (χ3v) is 1.49. The van der Waals surface area contributed by atoms with E-state index in [0.717, 1.165) is 5.57 Å². The van der Waals surface area contributed by atoms with Crippen LogP contribution in [0, 0.1) is 5.41 Å². The van der Waals surface area contributed by atoms with Gasteiger partial charge in [0.2, 0.25) is 0 Å². The summed E-state index contributed by atoms with van der Waals surface area (Å²) < 4.78 is 4.94. The molecule has 0 saturated heterocycles. The lowest BCUT2D eigenvalue weighted by molar-refractivity contribution is 0.285. The Morgan fingerprint density at radius 2 is 1.60 bits per heavy atom. The van der Waals surface area contributed by atoms with Gasteiger partial charge in [-0.25, -0.2) is 0 Å². The van der Waals surface area contributed by atoms with Crippen LogP contribution in [0.1, 0.15) is 20.8 Å². The Bertz CT molecular complexity index is 149. The van der Waals surface area contributed by atoms with E-state index in [2.05, 4.69) is 33.9 Å². The van der Waals surface area contributed by atoms with Crippen molar-refractivity contribution >= 4 is 0 Å². The Morgan fingerprint density at radius 1 is 1.20 bits per heavy atom. The summed E-state index contributed by atoms with van der Waals surface area (Å²) in [4.78, 5) is 0. The molecule has 58 valence electrons. The second kappa shape index (κ2) is 2.91. The van der Waals surface area contributed by atoms with Gasteiger partial charge in [0.15, 0.2) is 0 Å². The maximum absolute atomic E-state index is 4.94. The molecule has 0 aliphatic heterocycles. The third kappa shape index (κ3) is 2.26. The molecular formula is C9H16O. The predicted octanol–water partition coefficient (Wildman–Crippen LogP) is 2.75. The summed E-state index contributed by atoms with van der Waals surface area (Å²) in [5.41, 5.74) is 1.02. The second-order valence-corrected chi connectivity index (χ2v) is 3.36. The minimum Gasteiger partial charge on any atom is -0.497 e. The Labute approximate surface area is 63.4 Å². The molecule has 0 heterocycles. The molecule has 0 saturated carbocycles. The molecule has 0 unspecified atom stereocenters. The first-order chi connectivity index (χ1) is 4.39. The van der Waals surface area contributed by atoms with Crippen LogP contribution in [0.15, 0.2) is 24.5 Å². The zero-order valence-corrected chi connectivity index (χ0v) is 7.32. The van der Waals surface area contributed by atoms with E-state index in [9.17, 15) is 0 Å². The van der Waals surface area contributed by atoms with Crippen LogP contribution in [0.25, 0.3) is 0 Å². The number of rotatable bonds is 2. The van der Waals surface area contributed by atoms with Gasteiger partial charge in [0.25, 0.3) is 0 Å². The van der Waals surface area contributed by atoms with Crippen LogP contribution in [0.3, 0.4) is 0 Å². The Balaban J connectivity index is 4.24. The van der Waals surface area contributed by atoms with Crippen molar-refractivity contribution in [3.8, 4) is 0 Å². The number of methoxy groups -OCH3 is 1. The van der Waals surface area contributed by atoms with E-state index >= 15 is 0 Å². The summed E-state index contributed by atoms with van der Waals surface area (Å²) >= 11 is 0. The number of hydrogen-bond donors (Lipinski definition) is 0. The lowest BCUT2D eigenvalue weighted by atomic mass is 9.87. The van der Waals surface area contributed by atoms with Crippen molar-refractivity contribution in [2.75, 3.05) is 7.11 Å². The van der Waals surface area contributed by atoms with Gasteiger partial charge in [-0.15, -0.1) is 0 Å². The first-order valence-corrected chi connectivity index (χ1v) is 3.32. The molecule has 0 aliphatic rings. The molecule has 0 rings (SSSR count). The monoisotopic (exact) mass is 140 g/mol. The lowest BCUT2D eigenvalue weighted by Crippen LogP contribution is -2.10. The van der Waals surface area contributed by atoms with Crippen molar-refractivity contribution in [2.24, 2.45) is 5.41 Å². The van der Waals surface area contributed by atoms with Gasteiger partial charge in [-0.3, -0.25) is 0 Å². The van der Waals surface area contributed by atoms with E-state index in [-0.39, 0.29) is 5.41 Å². The van der Waals surface area contributed by atoms with E-state index in [0.29, 0.717) is 5.76 Å². The Hall–Kier alpha value is -0.720. The van der Waals surface area contributed by atoms with Crippen LogP contribution in [-0.2, 0) is 4.74 Å². The van der Waals surface area contributed by atoms with Crippen molar-refractivity contribution in [3.05, 3.63) is 24.5 Å². The molecule has 1 nitrogen and oxygen atoms in total. The molecule has 0 spiro atoms. The first-order valence-electron chi connectivity index (χ1n) is 3.32. The molecule has 0 aliphatic carbocycles. The summed E-state index contributed by atoms with van der Waals surface area (Å²) in [6.45, 7) is 13.8. The molecule has 0 radical (unpaired) electrons. The van der Waals surface area contributed by atoms with Crippen molar-refractivity contribution in [2.45, 2.75) is 20.8 Å². The standard InChI is InChI=1S/C9H16O/c1-7(8(2)10-6)9(3,4)5/h1-2H2,3-6H3. The van der Waals surface area contributed by atoms with Gasteiger partial charge < -0.3 is 4.74 Å². The van der Waals surface area contributed by atoms with E-state index < -0.39 is 0 Å². The van der Waals surface area contributed by atoms with E-state index in [1.165, 1.54) is 0 Å². The highest BCUT2D eigenvalue weighted by molar-refractivity contribution is 5.24. The highest BCUT2D eigenvalue weighted by atomic mass is 16.5. The van der Waals surface area contributed by atoms with Gasteiger partial charge in [0.1, 0.15) is 5.76 Å². The van der Waals surface area contributed by atoms with E-state index in [1.54, 1.807) is 7.11 Å². The zero-order valence-electron chi connectivity index (χ0n) is 7.32. The van der Waals surface area contributed by atoms with Gasteiger partial charge in [0.05, 0.1) is 7.11 Å². The molecule has 0 fully saturated rings. The smallest absolute Gasteiger partial charge is 0.114 e. The van der Waals surface area contributed by atoms with Gasteiger partial charge in [-0.05, 0) is 11.0 Å². The molecule has 0 bridgehead atoms. The van der Waals surface area contributed by atoms with Gasteiger partial charge in [0, 0.05) is 0 Å². The average molecular weight is 140 g/mol. The normalized spacial score (nSPS) is 10.8. The van der Waals surface area contributed by atoms with E-state index in [4.69, 9.17) is 4.74 Å². The van der Waals surface area contributed by atoms with Crippen LogP contribution >= 0.6 is 0 Å². The van der Waals surface area contributed by atoms with Gasteiger partial charge >= 0.3 is 0 Å². The van der Waals surface area contributed by atoms with E-state index in [1.807, 2.05) is 0 Å². The lowest BCUT2D eigenvalue weighted by Gasteiger charge is -2.22. The molecular weight excluding hydrogens is 124 g/mol. The topological polar surface area (TPSA) is 9.23 Å². The van der Waals surface area contributed by atoms with Crippen molar-refractivity contribution < 1.29 is 4.74 Å². The third-order valence-electron chi connectivity index (χ3n) is 1.49. The molecule has 0 aromatic carbocycles. The van der Waals surface area contributed by atoms with Crippen molar-refractivity contribution in [1.82, 2.24) is 0 Å². The molecule has 0 aromatic rings. The number of hydrogen-bond acceptors (Lipinski definition) is 1. The first kappa shape index (κ1) is 9.28. The second-order valence-electron chi connectivity index (χ2n) is 3.36. The molecule has 0 atom stereocenters. The van der Waals surface area contributed by atoms with Crippen LogP contribution in [0.2, 0.25) is 0 Å². The summed E-state index contributed by atoms with van der Waals surface area (Å²) in [7, 11) is 1.61. The van der Waals surface area contributed by atoms with Crippen molar-refractivity contribution in [1.29, 1.82) is 0 Å². The molecule has 10 heavy (non-hydrogen) atoms. The van der Waals surface area contributed by atoms with Crippen LogP contribution in [0.4, 0.5) is 0 Å². The predicted molar refractivity (Wildman–Crippen MR) is 44.7 cm³/mol. The average Bonchev–Trinajstić information content (AvgIpc) is 1.83. The minimum atomic E-state index is 0.0626. The number of allylic oxidation sites excluding steroid dienone is 1. The zero-order chi connectivity index (χ0) is 8.36. The van der Waals surface area contributed by atoms with Crippen LogP contribution in [-0.4, -0.2) is 7.11 Å². The summed E-state index contributed by atoms with van der Waals surface area (Å²) in [5.74, 6) is 0.674. The highest BCUT2D eigenvalue weighted by Gasteiger charge is 2.17. The largest absolute Gasteiger partial charge is 0.497 e.